The first kappa shape index (κ1) is 16.5. The molecule has 1 aromatic carbocycles. The van der Waals surface area contributed by atoms with E-state index < -0.39 is 5.91 Å². The number of carbonyl (C=O) groups is 1. The Hall–Kier alpha value is -2.38. The molecule has 0 bridgehead atoms. The number of benzene rings is 1. The molecule has 1 amide bonds. The molecule has 8 heteroatoms. The van der Waals surface area contributed by atoms with Gasteiger partial charge in [-0.1, -0.05) is 29.8 Å². The normalized spacial score (nSPS) is 10.6. The molecule has 2 heterocycles. The molecular weight excluding hydrogens is 396 g/mol. The van der Waals surface area contributed by atoms with Gasteiger partial charge in [0.1, 0.15) is 5.69 Å². The van der Waals surface area contributed by atoms with Crippen LogP contribution in [0.25, 0.3) is 0 Å². The number of nitrogens with one attached hydrogen (secondary N) is 2. The van der Waals surface area contributed by atoms with Crippen LogP contribution < -0.4 is 10.9 Å². The van der Waals surface area contributed by atoms with E-state index in [1.807, 2.05) is 18.2 Å². The molecule has 0 fully saturated rings. The number of amides is 1. The number of nitrogens with zero attached hydrogens (tertiary/aromatic N) is 2. The molecule has 0 aliphatic carbocycles. The maximum absolute atomic E-state index is 12.3. The second-order valence-corrected chi connectivity index (χ2v) is 6.36. The Morgan fingerprint density at radius 2 is 2.17 bits per heavy atom. The lowest BCUT2D eigenvalue weighted by molar-refractivity contribution is 0.102. The zero-order valence-corrected chi connectivity index (χ0v) is 14.6. The standard InChI is InChI=1S/C16H12BrClN4O2/c17-12-5-14(16(24)19-7-12)21-15(23)11-6-20-22(9-11)8-10-3-1-2-4-13(10)18/h1-7,9H,8H2,(H,19,24)(H,21,23). The van der Waals surface area contributed by atoms with Crippen molar-refractivity contribution in [1.29, 1.82) is 0 Å². The van der Waals surface area contributed by atoms with Crippen LogP contribution >= 0.6 is 27.5 Å². The van der Waals surface area contributed by atoms with E-state index in [0.29, 0.717) is 21.6 Å². The molecule has 2 N–H and O–H groups in total. The van der Waals surface area contributed by atoms with Crippen molar-refractivity contribution in [2.75, 3.05) is 5.32 Å². The summed E-state index contributed by atoms with van der Waals surface area (Å²) in [5.41, 5.74) is 1.03. The summed E-state index contributed by atoms with van der Waals surface area (Å²) < 4.78 is 2.27. The third-order valence-corrected chi connectivity index (χ3v) is 4.13. The molecule has 24 heavy (non-hydrogen) atoms. The minimum absolute atomic E-state index is 0.160. The smallest absolute Gasteiger partial charge is 0.271 e. The summed E-state index contributed by atoms with van der Waals surface area (Å²) in [5, 5.41) is 7.36. The van der Waals surface area contributed by atoms with Crippen molar-refractivity contribution in [3.8, 4) is 0 Å². The van der Waals surface area contributed by atoms with E-state index in [4.69, 9.17) is 11.6 Å². The topological polar surface area (TPSA) is 79.8 Å². The van der Waals surface area contributed by atoms with E-state index in [-0.39, 0.29) is 11.2 Å². The zero-order chi connectivity index (χ0) is 17.1. The molecular formula is C16H12BrClN4O2. The molecule has 0 saturated heterocycles. The molecule has 0 spiro atoms. The van der Waals surface area contributed by atoms with Gasteiger partial charge in [0.25, 0.3) is 11.5 Å². The summed E-state index contributed by atoms with van der Waals surface area (Å²) in [7, 11) is 0. The molecule has 3 aromatic rings. The highest BCUT2D eigenvalue weighted by molar-refractivity contribution is 9.10. The predicted molar refractivity (Wildman–Crippen MR) is 95.5 cm³/mol. The van der Waals surface area contributed by atoms with Crippen molar-refractivity contribution < 1.29 is 4.79 Å². The van der Waals surface area contributed by atoms with Crippen molar-refractivity contribution in [2.45, 2.75) is 6.54 Å². The second kappa shape index (κ2) is 7.02. The first-order valence-corrected chi connectivity index (χ1v) is 8.15. The van der Waals surface area contributed by atoms with E-state index in [0.717, 1.165) is 5.56 Å². The lowest BCUT2D eigenvalue weighted by Gasteiger charge is -2.04. The lowest BCUT2D eigenvalue weighted by Crippen LogP contribution is -2.19. The number of aromatic nitrogens is 3. The van der Waals surface area contributed by atoms with Crippen LogP contribution in [-0.4, -0.2) is 20.7 Å². The number of anilines is 1. The number of pyridine rings is 1. The van der Waals surface area contributed by atoms with Gasteiger partial charge in [-0.2, -0.15) is 5.10 Å². The third kappa shape index (κ3) is 3.74. The van der Waals surface area contributed by atoms with Crippen LogP contribution in [0.3, 0.4) is 0 Å². The van der Waals surface area contributed by atoms with Crippen LogP contribution in [0, 0.1) is 0 Å². The van der Waals surface area contributed by atoms with Crippen LogP contribution in [0.5, 0.6) is 0 Å². The van der Waals surface area contributed by atoms with Crippen LogP contribution in [0.1, 0.15) is 15.9 Å². The predicted octanol–water partition coefficient (Wildman–Crippen LogP) is 3.29. The Kier molecular flexibility index (Phi) is 4.82. The Bertz CT molecular complexity index is 951. The maximum Gasteiger partial charge on any atom is 0.271 e. The summed E-state index contributed by atoms with van der Waals surface area (Å²) in [6, 6.07) is 8.96. The zero-order valence-electron chi connectivity index (χ0n) is 12.3. The quantitative estimate of drug-likeness (QED) is 0.696. The number of halogens is 2. The largest absolute Gasteiger partial charge is 0.326 e. The van der Waals surface area contributed by atoms with Crippen LogP contribution in [0.2, 0.25) is 5.02 Å². The van der Waals surface area contributed by atoms with Crippen LogP contribution in [0.15, 0.2) is 58.2 Å². The highest BCUT2D eigenvalue weighted by Crippen LogP contribution is 2.16. The van der Waals surface area contributed by atoms with Gasteiger partial charge in [0.2, 0.25) is 0 Å². The number of rotatable bonds is 4. The van der Waals surface area contributed by atoms with Gasteiger partial charge in [-0.25, -0.2) is 0 Å². The number of aromatic amines is 1. The van der Waals surface area contributed by atoms with Gasteiger partial charge >= 0.3 is 0 Å². The second-order valence-electron chi connectivity index (χ2n) is 5.03. The van der Waals surface area contributed by atoms with Gasteiger partial charge in [0.15, 0.2) is 0 Å². The molecule has 0 atom stereocenters. The Balaban J connectivity index is 1.75. The fourth-order valence-corrected chi connectivity index (χ4v) is 2.65. The SMILES string of the molecule is O=C(Nc1cc(Br)c[nH]c1=O)c1cnn(Cc2ccccc2Cl)c1. The Morgan fingerprint density at radius 1 is 1.38 bits per heavy atom. The first-order valence-electron chi connectivity index (χ1n) is 6.98. The highest BCUT2D eigenvalue weighted by atomic mass is 79.9. The van der Waals surface area contributed by atoms with Crippen molar-refractivity contribution in [3.05, 3.63) is 79.9 Å². The van der Waals surface area contributed by atoms with E-state index in [1.165, 1.54) is 18.5 Å². The van der Waals surface area contributed by atoms with Crippen molar-refractivity contribution in [1.82, 2.24) is 14.8 Å². The van der Waals surface area contributed by atoms with Gasteiger partial charge < -0.3 is 10.3 Å². The summed E-state index contributed by atoms with van der Waals surface area (Å²) in [6.45, 7) is 0.449. The first-order chi connectivity index (χ1) is 11.5. The number of hydrogen-bond donors (Lipinski definition) is 2. The van der Waals surface area contributed by atoms with Gasteiger partial charge in [0.05, 0.1) is 18.3 Å². The molecule has 0 unspecified atom stereocenters. The van der Waals surface area contributed by atoms with E-state index in [9.17, 15) is 9.59 Å². The summed E-state index contributed by atoms with van der Waals surface area (Å²) in [6.07, 6.45) is 4.54. The lowest BCUT2D eigenvalue weighted by atomic mass is 10.2. The third-order valence-electron chi connectivity index (χ3n) is 3.30. The maximum atomic E-state index is 12.3. The van der Waals surface area contributed by atoms with Crippen molar-refractivity contribution >= 4 is 39.1 Å². The molecule has 122 valence electrons. The fourth-order valence-electron chi connectivity index (χ4n) is 2.11. The monoisotopic (exact) mass is 406 g/mol. The summed E-state index contributed by atoms with van der Waals surface area (Å²) in [5.74, 6) is -0.413. The van der Waals surface area contributed by atoms with Crippen molar-refractivity contribution in [3.63, 3.8) is 0 Å². The van der Waals surface area contributed by atoms with E-state index >= 15 is 0 Å². The number of carbonyl (C=O) groups excluding carboxylic acids is 1. The molecule has 2 aromatic heterocycles. The van der Waals surface area contributed by atoms with E-state index in [1.54, 1.807) is 16.9 Å². The minimum atomic E-state index is -0.413. The molecule has 0 aliphatic rings. The van der Waals surface area contributed by atoms with Crippen LogP contribution in [0.4, 0.5) is 5.69 Å². The highest BCUT2D eigenvalue weighted by Gasteiger charge is 2.12. The van der Waals surface area contributed by atoms with Gasteiger partial charge in [-0.05, 0) is 33.6 Å². The van der Waals surface area contributed by atoms with Crippen LogP contribution in [-0.2, 0) is 6.54 Å². The molecule has 0 radical (unpaired) electrons. The Labute approximate surface area is 150 Å². The molecule has 3 rings (SSSR count). The molecule has 0 aliphatic heterocycles. The average molecular weight is 408 g/mol. The average Bonchev–Trinajstić information content (AvgIpc) is 3.02. The van der Waals surface area contributed by atoms with Gasteiger partial charge in [0, 0.05) is 21.9 Å². The Morgan fingerprint density at radius 3 is 2.96 bits per heavy atom. The number of H-pyrrole nitrogens is 1. The molecule has 6 nitrogen and oxygen atoms in total. The summed E-state index contributed by atoms with van der Waals surface area (Å²) >= 11 is 9.36. The number of hydrogen-bond acceptors (Lipinski definition) is 3. The van der Waals surface area contributed by atoms with Gasteiger partial charge in [-0.3, -0.25) is 14.3 Å². The molecule has 0 saturated carbocycles. The summed E-state index contributed by atoms with van der Waals surface area (Å²) in [4.78, 5) is 26.5. The van der Waals surface area contributed by atoms with Gasteiger partial charge in [-0.15, -0.1) is 0 Å². The van der Waals surface area contributed by atoms with E-state index in [2.05, 4.69) is 31.3 Å². The van der Waals surface area contributed by atoms with Crippen molar-refractivity contribution in [2.24, 2.45) is 0 Å². The minimum Gasteiger partial charge on any atom is -0.326 e. The fraction of sp³-hybridized carbons (Fsp3) is 0.0625.